The van der Waals surface area contributed by atoms with Crippen molar-refractivity contribution in [2.45, 2.75) is 71.8 Å². The smallest absolute Gasteiger partial charge is 0.332 e. The van der Waals surface area contributed by atoms with Gasteiger partial charge >= 0.3 is 11.1 Å². The zero-order chi connectivity index (χ0) is 23.0. The molecule has 1 spiro atoms. The molecule has 0 amide bonds. The first kappa shape index (κ1) is 22.6. The van der Waals surface area contributed by atoms with Crippen LogP contribution in [0, 0.1) is 5.92 Å². The van der Waals surface area contributed by atoms with Crippen LogP contribution in [0.25, 0.3) is 0 Å². The number of aromatic nitrogens is 3. The molecule has 0 atom stereocenters. The standard InChI is InChI=1S/C24H35N5O3/c1-17(2)14-29-22(31)21(30)28-16-24(26(5)23(28)25-29)10-12-27(13-11-24)15-19-6-8-20(9-7-19)32-18(3)4/h6-9,17-18H,10-16H2,1-5H3. The number of benzene rings is 1. The van der Waals surface area contributed by atoms with Crippen molar-refractivity contribution in [3.05, 3.63) is 50.5 Å². The molecule has 0 N–H and O–H groups in total. The number of rotatable bonds is 6. The molecule has 0 aliphatic carbocycles. The Morgan fingerprint density at radius 1 is 1.03 bits per heavy atom. The van der Waals surface area contributed by atoms with Gasteiger partial charge in [0.05, 0.1) is 18.2 Å². The molecule has 1 fully saturated rings. The van der Waals surface area contributed by atoms with Gasteiger partial charge in [-0.05, 0) is 50.3 Å². The lowest BCUT2D eigenvalue weighted by atomic mass is 9.87. The molecule has 8 heteroatoms. The highest BCUT2D eigenvalue weighted by Gasteiger charge is 2.46. The van der Waals surface area contributed by atoms with E-state index >= 15 is 0 Å². The Kier molecular flexibility index (Phi) is 6.16. The van der Waals surface area contributed by atoms with Gasteiger partial charge in [-0.15, -0.1) is 5.10 Å². The lowest BCUT2D eigenvalue weighted by molar-refractivity contribution is 0.149. The molecule has 0 radical (unpaired) electrons. The maximum absolute atomic E-state index is 12.8. The van der Waals surface area contributed by atoms with Gasteiger partial charge in [-0.2, -0.15) is 0 Å². The van der Waals surface area contributed by atoms with Gasteiger partial charge in [0.25, 0.3) is 0 Å². The van der Waals surface area contributed by atoms with E-state index in [1.165, 1.54) is 10.2 Å². The van der Waals surface area contributed by atoms with Crippen LogP contribution in [0.1, 0.15) is 46.1 Å². The van der Waals surface area contributed by atoms with Crippen LogP contribution in [0.15, 0.2) is 33.9 Å². The Morgan fingerprint density at radius 3 is 2.28 bits per heavy atom. The van der Waals surface area contributed by atoms with E-state index in [0.29, 0.717) is 19.0 Å². The maximum atomic E-state index is 12.8. The van der Waals surface area contributed by atoms with Crippen LogP contribution in [0.2, 0.25) is 0 Å². The monoisotopic (exact) mass is 441 g/mol. The average molecular weight is 442 g/mol. The van der Waals surface area contributed by atoms with Crippen molar-refractivity contribution in [1.29, 1.82) is 0 Å². The molecule has 1 aromatic carbocycles. The zero-order valence-corrected chi connectivity index (χ0v) is 19.9. The topological polar surface area (TPSA) is 72.6 Å². The molecule has 174 valence electrons. The number of likely N-dealkylation sites (tertiary alicyclic amines) is 1. The van der Waals surface area contributed by atoms with Gasteiger partial charge in [-0.3, -0.25) is 19.1 Å². The van der Waals surface area contributed by atoms with Gasteiger partial charge in [0.1, 0.15) is 5.75 Å². The van der Waals surface area contributed by atoms with Crippen molar-refractivity contribution in [3.8, 4) is 5.75 Å². The van der Waals surface area contributed by atoms with Gasteiger partial charge in [0, 0.05) is 33.2 Å². The summed E-state index contributed by atoms with van der Waals surface area (Å²) >= 11 is 0. The molecule has 4 rings (SSSR count). The first-order valence-electron chi connectivity index (χ1n) is 11.6. The third-order valence-corrected chi connectivity index (χ3v) is 6.60. The van der Waals surface area contributed by atoms with Crippen molar-refractivity contribution in [3.63, 3.8) is 0 Å². The van der Waals surface area contributed by atoms with Crippen LogP contribution >= 0.6 is 0 Å². The van der Waals surface area contributed by atoms with E-state index in [4.69, 9.17) is 4.74 Å². The van der Waals surface area contributed by atoms with E-state index in [1.54, 1.807) is 4.57 Å². The van der Waals surface area contributed by atoms with E-state index in [2.05, 4.69) is 27.0 Å². The fraction of sp³-hybridized carbons (Fsp3) is 0.625. The fourth-order valence-electron chi connectivity index (χ4n) is 4.82. The molecule has 1 saturated heterocycles. The SMILES string of the molecule is CC(C)Cn1nc2n(c(=O)c1=O)CC1(CCN(Cc3ccc(OC(C)C)cc3)CC1)N2C. The van der Waals surface area contributed by atoms with Crippen molar-refractivity contribution in [1.82, 2.24) is 19.2 Å². The van der Waals surface area contributed by atoms with Gasteiger partial charge in [-0.1, -0.05) is 26.0 Å². The highest BCUT2D eigenvalue weighted by molar-refractivity contribution is 5.39. The Bertz CT molecular complexity index is 1060. The fourth-order valence-corrected chi connectivity index (χ4v) is 4.82. The van der Waals surface area contributed by atoms with Crippen LogP contribution in [0.4, 0.5) is 5.95 Å². The normalized spacial score (nSPS) is 18.0. The third kappa shape index (κ3) is 4.33. The minimum atomic E-state index is -0.518. The van der Waals surface area contributed by atoms with Crippen molar-refractivity contribution in [2.75, 3.05) is 25.0 Å². The molecule has 32 heavy (non-hydrogen) atoms. The summed E-state index contributed by atoms with van der Waals surface area (Å²) in [4.78, 5) is 29.9. The Labute approximate surface area is 189 Å². The molecular formula is C24H35N5O3. The molecular weight excluding hydrogens is 406 g/mol. The van der Waals surface area contributed by atoms with Crippen molar-refractivity contribution in [2.24, 2.45) is 5.92 Å². The van der Waals surface area contributed by atoms with Gasteiger partial charge in [0.2, 0.25) is 5.95 Å². The Hall–Kier alpha value is -2.61. The molecule has 0 unspecified atom stereocenters. The van der Waals surface area contributed by atoms with Gasteiger partial charge < -0.3 is 9.64 Å². The number of piperidine rings is 1. The number of nitrogens with zero attached hydrogens (tertiary/aromatic N) is 5. The van der Waals surface area contributed by atoms with E-state index in [9.17, 15) is 9.59 Å². The van der Waals surface area contributed by atoms with Crippen LogP contribution < -0.4 is 20.8 Å². The maximum Gasteiger partial charge on any atom is 0.332 e. The first-order valence-corrected chi connectivity index (χ1v) is 11.6. The lowest BCUT2D eigenvalue weighted by Crippen LogP contribution is -2.53. The van der Waals surface area contributed by atoms with E-state index in [-0.39, 0.29) is 17.6 Å². The summed E-state index contributed by atoms with van der Waals surface area (Å²) in [5.41, 5.74) is 0.137. The minimum Gasteiger partial charge on any atom is -0.491 e. The van der Waals surface area contributed by atoms with E-state index < -0.39 is 11.1 Å². The predicted molar refractivity (Wildman–Crippen MR) is 125 cm³/mol. The predicted octanol–water partition coefficient (Wildman–Crippen LogP) is 2.33. The number of likely N-dealkylation sites (N-methyl/N-ethyl adjacent to an activating group) is 1. The number of fused-ring (bicyclic) bond motifs is 1. The van der Waals surface area contributed by atoms with Gasteiger partial charge in [0.15, 0.2) is 0 Å². The molecule has 0 bridgehead atoms. The largest absolute Gasteiger partial charge is 0.491 e. The summed E-state index contributed by atoms with van der Waals surface area (Å²) in [5, 5.41) is 4.57. The number of hydrogen-bond acceptors (Lipinski definition) is 6. The summed E-state index contributed by atoms with van der Waals surface area (Å²) in [6, 6.07) is 8.33. The molecule has 0 saturated carbocycles. The Balaban J connectivity index is 1.44. The number of anilines is 1. The highest BCUT2D eigenvalue weighted by Crippen LogP contribution is 2.37. The van der Waals surface area contributed by atoms with Crippen LogP contribution in [0.3, 0.4) is 0 Å². The minimum absolute atomic E-state index is 0.159. The first-order chi connectivity index (χ1) is 15.2. The number of hydrogen-bond donors (Lipinski definition) is 0. The van der Waals surface area contributed by atoms with Crippen LogP contribution in [0.5, 0.6) is 5.75 Å². The number of ether oxygens (including phenoxy) is 1. The molecule has 8 nitrogen and oxygen atoms in total. The van der Waals surface area contributed by atoms with Crippen molar-refractivity contribution >= 4 is 5.95 Å². The molecule has 2 aliphatic heterocycles. The van der Waals surface area contributed by atoms with E-state index in [0.717, 1.165) is 38.2 Å². The molecule has 3 heterocycles. The zero-order valence-electron chi connectivity index (χ0n) is 19.9. The summed E-state index contributed by atoms with van der Waals surface area (Å²) in [5.74, 6) is 1.76. The van der Waals surface area contributed by atoms with Crippen molar-refractivity contribution < 1.29 is 4.74 Å². The van der Waals surface area contributed by atoms with Gasteiger partial charge in [-0.25, -0.2) is 4.68 Å². The molecule has 2 aliphatic rings. The summed E-state index contributed by atoms with van der Waals surface area (Å²) in [6.07, 6.45) is 2.03. The Morgan fingerprint density at radius 2 is 1.69 bits per heavy atom. The second-order valence-corrected chi connectivity index (χ2v) is 9.94. The highest BCUT2D eigenvalue weighted by atomic mass is 16.5. The van der Waals surface area contributed by atoms with E-state index in [1.807, 2.05) is 46.9 Å². The third-order valence-electron chi connectivity index (χ3n) is 6.60. The lowest BCUT2D eigenvalue weighted by Gasteiger charge is -2.43. The summed E-state index contributed by atoms with van der Waals surface area (Å²) in [6.45, 7) is 11.9. The van der Waals surface area contributed by atoms with Crippen LogP contribution in [-0.2, 0) is 19.6 Å². The quantitative estimate of drug-likeness (QED) is 0.641. The average Bonchev–Trinajstić information content (AvgIpc) is 3.01. The molecule has 2 aromatic rings. The second kappa shape index (κ2) is 8.73. The summed E-state index contributed by atoms with van der Waals surface area (Å²) in [7, 11) is 2.01. The van der Waals surface area contributed by atoms with Crippen LogP contribution in [-0.4, -0.2) is 51.0 Å². The second-order valence-electron chi connectivity index (χ2n) is 9.94. The summed E-state index contributed by atoms with van der Waals surface area (Å²) < 4.78 is 8.66. The molecule has 1 aromatic heterocycles.